The average molecular weight is 229 g/mol. The first kappa shape index (κ1) is 12.3. The van der Waals surface area contributed by atoms with E-state index in [1.54, 1.807) is 6.07 Å². The van der Waals surface area contributed by atoms with Crippen molar-refractivity contribution in [2.45, 2.75) is 33.4 Å². The largest absolute Gasteiger partial charge is 0.478 e. The molecule has 0 amide bonds. The monoisotopic (exact) mass is 228 g/mol. The summed E-state index contributed by atoms with van der Waals surface area (Å²) in [7, 11) is 0. The predicted octanol–water partition coefficient (Wildman–Crippen LogP) is 2.63. The van der Waals surface area contributed by atoms with Gasteiger partial charge in [0.1, 0.15) is 0 Å². The Morgan fingerprint density at radius 1 is 1.47 bits per heavy atom. The summed E-state index contributed by atoms with van der Waals surface area (Å²) in [5, 5.41) is 3.94. The summed E-state index contributed by atoms with van der Waals surface area (Å²) < 4.78 is 5.31. The van der Waals surface area contributed by atoms with Crippen molar-refractivity contribution >= 4 is 11.6 Å². The molecule has 3 nitrogen and oxygen atoms in total. The second-order valence-electron chi connectivity index (χ2n) is 3.55. The van der Waals surface area contributed by atoms with Crippen LogP contribution in [0.5, 0.6) is 5.88 Å². The van der Waals surface area contributed by atoms with Gasteiger partial charge in [-0.05, 0) is 13.0 Å². The van der Waals surface area contributed by atoms with Crippen LogP contribution in [0.4, 0.5) is 0 Å². The van der Waals surface area contributed by atoms with Crippen molar-refractivity contribution in [2.24, 2.45) is 0 Å². The highest BCUT2D eigenvalue weighted by Crippen LogP contribution is 2.17. The number of aromatic nitrogens is 1. The third-order valence-corrected chi connectivity index (χ3v) is 2.21. The van der Waals surface area contributed by atoms with Crippen molar-refractivity contribution in [3.8, 4) is 5.88 Å². The normalized spacial score (nSPS) is 10.7. The van der Waals surface area contributed by atoms with Gasteiger partial charge in [0.25, 0.3) is 0 Å². The first-order chi connectivity index (χ1) is 7.13. The fourth-order valence-corrected chi connectivity index (χ4v) is 1.29. The molecule has 1 rings (SSSR count). The predicted molar refractivity (Wildman–Crippen MR) is 62.4 cm³/mol. The lowest BCUT2D eigenvalue weighted by molar-refractivity contribution is 0.325. The molecule has 1 aromatic heterocycles. The van der Waals surface area contributed by atoms with Crippen LogP contribution < -0.4 is 10.1 Å². The minimum atomic E-state index is 0.415. The van der Waals surface area contributed by atoms with Crippen molar-refractivity contribution in [3.05, 3.63) is 22.8 Å². The Labute approximate surface area is 95.8 Å². The van der Waals surface area contributed by atoms with E-state index < -0.39 is 0 Å². The lowest BCUT2D eigenvalue weighted by atomic mass is 10.3. The number of rotatable bonds is 5. The Balaban J connectivity index is 2.71. The van der Waals surface area contributed by atoms with E-state index in [1.165, 1.54) is 0 Å². The number of nitrogens with one attached hydrogen (secondary N) is 1. The number of pyridine rings is 1. The van der Waals surface area contributed by atoms with Crippen molar-refractivity contribution in [1.29, 1.82) is 0 Å². The first-order valence-electron chi connectivity index (χ1n) is 5.15. The van der Waals surface area contributed by atoms with Gasteiger partial charge in [-0.15, -0.1) is 0 Å². The zero-order chi connectivity index (χ0) is 11.3. The van der Waals surface area contributed by atoms with Crippen LogP contribution in [0.3, 0.4) is 0 Å². The van der Waals surface area contributed by atoms with E-state index in [2.05, 4.69) is 24.1 Å². The molecule has 0 spiro atoms. The summed E-state index contributed by atoms with van der Waals surface area (Å²) in [4.78, 5) is 4.32. The van der Waals surface area contributed by atoms with E-state index in [9.17, 15) is 0 Å². The van der Waals surface area contributed by atoms with Crippen LogP contribution in [0.2, 0.25) is 5.02 Å². The van der Waals surface area contributed by atoms with Gasteiger partial charge in [-0.2, -0.15) is 0 Å². The average Bonchev–Trinajstić information content (AvgIpc) is 2.19. The molecular weight excluding hydrogens is 212 g/mol. The van der Waals surface area contributed by atoms with Gasteiger partial charge in [0.05, 0.1) is 17.3 Å². The molecule has 0 radical (unpaired) electrons. The summed E-state index contributed by atoms with van der Waals surface area (Å²) in [6.07, 6.45) is 0. The van der Waals surface area contributed by atoms with Crippen LogP contribution >= 0.6 is 11.6 Å². The molecule has 0 aliphatic carbocycles. The van der Waals surface area contributed by atoms with Gasteiger partial charge in [-0.25, -0.2) is 4.98 Å². The molecule has 0 fully saturated rings. The number of hydrogen-bond donors (Lipinski definition) is 1. The molecule has 0 bridgehead atoms. The topological polar surface area (TPSA) is 34.1 Å². The van der Waals surface area contributed by atoms with Crippen LogP contribution in [0.1, 0.15) is 26.5 Å². The van der Waals surface area contributed by atoms with E-state index >= 15 is 0 Å². The SMILES string of the molecule is CCOc1ccc(Cl)c(CNC(C)C)n1. The van der Waals surface area contributed by atoms with E-state index in [0.29, 0.717) is 30.1 Å². The molecule has 0 aliphatic heterocycles. The Kier molecular flexibility index (Phi) is 4.85. The molecule has 1 aromatic rings. The molecule has 1 heterocycles. The van der Waals surface area contributed by atoms with Gasteiger partial charge in [0.15, 0.2) is 0 Å². The van der Waals surface area contributed by atoms with Gasteiger partial charge in [-0.1, -0.05) is 25.4 Å². The highest BCUT2D eigenvalue weighted by atomic mass is 35.5. The van der Waals surface area contributed by atoms with Crippen LogP contribution in [-0.2, 0) is 6.54 Å². The van der Waals surface area contributed by atoms with Gasteiger partial charge in [0.2, 0.25) is 5.88 Å². The maximum atomic E-state index is 6.02. The Bertz CT molecular complexity index is 315. The summed E-state index contributed by atoms with van der Waals surface area (Å²) >= 11 is 6.02. The van der Waals surface area contributed by atoms with Gasteiger partial charge >= 0.3 is 0 Å². The van der Waals surface area contributed by atoms with Crippen molar-refractivity contribution in [2.75, 3.05) is 6.61 Å². The van der Waals surface area contributed by atoms with Gasteiger partial charge < -0.3 is 10.1 Å². The Hall–Kier alpha value is -0.800. The molecular formula is C11H17ClN2O. The maximum Gasteiger partial charge on any atom is 0.213 e. The molecule has 84 valence electrons. The molecule has 0 aromatic carbocycles. The molecule has 15 heavy (non-hydrogen) atoms. The zero-order valence-corrected chi connectivity index (χ0v) is 10.1. The number of hydrogen-bond acceptors (Lipinski definition) is 3. The Morgan fingerprint density at radius 3 is 2.80 bits per heavy atom. The van der Waals surface area contributed by atoms with E-state index in [-0.39, 0.29) is 0 Å². The molecule has 4 heteroatoms. The molecule has 0 unspecified atom stereocenters. The van der Waals surface area contributed by atoms with E-state index in [1.807, 2.05) is 13.0 Å². The molecule has 0 aliphatic rings. The molecule has 0 atom stereocenters. The lowest BCUT2D eigenvalue weighted by Gasteiger charge is -2.10. The van der Waals surface area contributed by atoms with Crippen molar-refractivity contribution < 1.29 is 4.74 Å². The van der Waals surface area contributed by atoms with Crippen molar-refractivity contribution in [3.63, 3.8) is 0 Å². The summed E-state index contributed by atoms with van der Waals surface area (Å²) in [5.41, 5.74) is 0.830. The number of halogens is 1. The Morgan fingerprint density at radius 2 is 2.20 bits per heavy atom. The quantitative estimate of drug-likeness (QED) is 0.842. The smallest absolute Gasteiger partial charge is 0.213 e. The fourth-order valence-electron chi connectivity index (χ4n) is 1.12. The van der Waals surface area contributed by atoms with Gasteiger partial charge in [0, 0.05) is 18.7 Å². The number of nitrogens with zero attached hydrogens (tertiary/aromatic N) is 1. The third kappa shape index (κ3) is 4.06. The zero-order valence-electron chi connectivity index (χ0n) is 9.38. The summed E-state index contributed by atoms with van der Waals surface area (Å²) in [6.45, 7) is 7.38. The minimum absolute atomic E-state index is 0.415. The van der Waals surface area contributed by atoms with Crippen LogP contribution in [0.15, 0.2) is 12.1 Å². The van der Waals surface area contributed by atoms with Crippen LogP contribution in [-0.4, -0.2) is 17.6 Å². The fraction of sp³-hybridized carbons (Fsp3) is 0.545. The minimum Gasteiger partial charge on any atom is -0.478 e. The van der Waals surface area contributed by atoms with Gasteiger partial charge in [-0.3, -0.25) is 0 Å². The highest BCUT2D eigenvalue weighted by Gasteiger charge is 2.05. The standard InChI is InChI=1S/C11H17ClN2O/c1-4-15-11-6-5-9(12)10(14-11)7-13-8(2)3/h5-6,8,13H,4,7H2,1-3H3. The highest BCUT2D eigenvalue weighted by molar-refractivity contribution is 6.31. The van der Waals surface area contributed by atoms with E-state index in [4.69, 9.17) is 16.3 Å². The number of ether oxygens (including phenoxy) is 1. The summed E-state index contributed by atoms with van der Waals surface area (Å²) in [6, 6.07) is 4.01. The second kappa shape index (κ2) is 5.93. The molecule has 1 N–H and O–H groups in total. The molecule has 0 saturated carbocycles. The van der Waals surface area contributed by atoms with Crippen LogP contribution in [0, 0.1) is 0 Å². The van der Waals surface area contributed by atoms with E-state index in [0.717, 1.165) is 5.69 Å². The first-order valence-corrected chi connectivity index (χ1v) is 5.53. The lowest BCUT2D eigenvalue weighted by Crippen LogP contribution is -2.22. The summed E-state index contributed by atoms with van der Waals surface area (Å²) in [5.74, 6) is 0.627. The maximum absolute atomic E-state index is 6.02. The third-order valence-electron chi connectivity index (χ3n) is 1.86. The second-order valence-corrected chi connectivity index (χ2v) is 3.95. The van der Waals surface area contributed by atoms with Crippen molar-refractivity contribution in [1.82, 2.24) is 10.3 Å². The van der Waals surface area contributed by atoms with Crippen LogP contribution in [0.25, 0.3) is 0 Å². The molecule has 0 saturated heterocycles.